The standard InChI is InChI=1S/C6H15NO3S2/c1-3-7(4-2)5-6-11-12(8,9)10/h3-6H2,1-2H3,(H,8,9,10). The molecule has 4 nitrogen and oxygen atoms in total. The van der Waals surface area contributed by atoms with E-state index in [9.17, 15) is 8.42 Å². The predicted octanol–water partition coefficient (Wildman–Crippen LogP) is 0.864. The summed E-state index contributed by atoms with van der Waals surface area (Å²) in [5.41, 5.74) is 0. The minimum atomic E-state index is -3.85. The third-order valence-corrected chi connectivity index (χ3v) is 3.57. The van der Waals surface area contributed by atoms with E-state index in [1.54, 1.807) is 0 Å². The van der Waals surface area contributed by atoms with Crippen LogP contribution in [-0.2, 0) is 9.15 Å². The quantitative estimate of drug-likeness (QED) is 0.524. The molecule has 1 N–H and O–H groups in total. The zero-order valence-electron chi connectivity index (χ0n) is 7.36. The third-order valence-electron chi connectivity index (χ3n) is 1.53. The summed E-state index contributed by atoms with van der Waals surface area (Å²) in [5.74, 6) is 0.417. The molecule has 12 heavy (non-hydrogen) atoms. The zero-order valence-corrected chi connectivity index (χ0v) is 8.99. The van der Waals surface area contributed by atoms with Crippen LogP contribution in [0.15, 0.2) is 0 Å². The number of rotatable bonds is 6. The SMILES string of the molecule is CCN(CC)CCSS(=O)(=O)O. The van der Waals surface area contributed by atoms with E-state index >= 15 is 0 Å². The number of hydrogen-bond acceptors (Lipinski definition) is 4. The van der Waals surface area contributed by atoms with Gasteiger partial charge in [0, 0.05) is 12.3 Å². The van der Waals surface area contributed by atoms with Crippen LogP contribution in [0.3, 0.4) is 0 Å². The molecule has 0 amide bonds. The molecule has 0 rings (SSSR count). The molecular weight excluding hydrogens is 198 g/mol. The van der Waals surface area contributed by atoms with Crippen LogP contribution in [0.1, 0.15) is 13.8 Å². The Kier molecular flexibility index (Phi) is 5.90. The highest BCUT2D eigenvalue weighted by molar-refractivity contribution is 8.69. The topological polar surface area (TPSA) is 57.6 Å². The van der Waals surface area contributed by atoms with E-state index in [0.29, 0.717) is 23.1 Å². The first-order chi connectivity index (χ1) is 5.49. The molecule has 0 spiro atoms. The van der Waals surface area contributed by atoms with Crippen molar-refractivity contribution in [1.29, 1.82) is 0 Å². The first-order valence-corrected chi connectivity index (χ1v) is 6.78. The lowest BCUT2D eigenvalue weighted by Crippen LogP contribution is -2.25. The van der Waals surface area contributed by atoms with Gasteiger partial charge in [0.15, 0.2) is 0 Å². The van der Waals surface area contributed by atoms with Crippen molar-refractivity contribution in [3.8, 4) is 0 Å². The van der Waals surface area contributed by atoms with Gasteiger partial charge in [-0.1, -0.05) is 13.8 Å². The summed E-state index contributed by atoms with van der Waals surface area (Å²) in [6.45, 7) is 6.53. The first-order valence-electron chi connectivity index (χ1n) is 3.83. The molecule has 0 aromatic rings. The predicted molar refractivity (Wildman–Crippen MR) is 51.8 cm³/mol. The summed E-state index contributed by atoms with van der Waals surface area (Å²) >= 11 is 0. The molecule has 0 heterocycles. The van der Waals surface area contributed by atoms with Crippen molar-refractivity contribution in [2.75, 3.05) is 25.4 Å². The van der Waals surface area contributed by atoms with Gasteiger partial charge in [-0.15, -0.1) is 0 Å². The monoisotopic (exact) mass is 213 g/mol. The highest BCUT2D eigenvalue weighted by Crippen LogP contribution is 2.08. The van der Waals surface area contributed by atoms with Gasteiger partial charge >= 0.3 is 9.15 Å². The summed E-state index contributed by atoms with van der Waals surface area (Å²) in [6, 6.07) is 0. The van der Waals surface area contributed by atoms with E-state index in [1.807, 2.05) is 13.8 Å². The minimum absolute atomic E-state index is 0.417. The van der Waals surface area contributed by atoms with E-state index in [-0.39, 0.29) is 0 Å². The van der Waals surface area contributed by atoms with E-state index < -0.39 is 9.15 Å². The van der Waals surface area contributed by atoms with Crippen LogP contribution in [-0.4, -0.2) is 43.3 Å². The van der Waals surface area contributed by atoms with E-state index in [0.717, 1.165) is 13.1 Å². The molecule has 0 bridgehead atoms. The van der Waals surface area contributed by atoms with Gasteiger partial charge < -0.3 is 4.90 Å². The van der Waals surface area contributed by atoms with Gasteiger partial charge in [-0.25, -0.2) is 0 Å². The second kappa shape index (κ2) is 5.80. The molecule has 0 atom stereocenters. The smallest absolute Gasteiger partial charge is 0.303 e. The van der Waals surface area contributed by atoms with Crippen molar-refractivity contribution in [3.05, 3.63) is 0 Å². The lowest BCUT2D eigenvalue weighted by atomic mass is 10.5. The molecule has 0 saturated heterocycles. The zero-order chi connectivity index (χ0) is 9.61. The van der Waals surface area contributed by atoms with Crippen molar-refractivity contribution < 1.29 is 13.0 Å². The third kappa shape index (κ3) is 6.90. The molecule has 74 valence electrons. The Morgan fingerprint density at radius 3 is 2.17 bits per heavy atom. The fourth-order valence-electron chi connectivity index (χ4n) is 0.812. The molecule has 0 radical (unpaired) electrons. The maximum absolute atomic E-state index is 10.3. The lowest BCUT2D eigenvalue weighted by molar-refractivity contribution is 0.324. The molecule has 0 aromatic heterocycles. The largest absolute Gasteiger partial charge is 0.319 e. The minimum Gasteiger partial charge on any atom is -0.303 e. The highest BCUT2D eigenvalue weighted by Gasteiger charge is 2.06. The Balaban J connectivity index is 3.55. The second-order valence-electron chi connectivity index (χ2n) is 2.28. The van der Waals surface area contributed by atoms with Gasteiger partial charge in [0.05, 0.1) is 0 Å². The average molecular weight is 213 g/mol. The van der Waals surface area contributed by atoms with Crippen molar-refractivity contribution in [2.45, 2.75) is 13.8 Å². The van der Waals surface area contributed by atoms with Gasteiger partial charge in [-0.2, -0.15) is 8.42 Å². The van der Waals surface area contributed by atoms with Crippen LogP contribution >= 0.6 is 10.8 Å². The van der Waals surface area contributed by atoms with Crippen molar-refractivity contribution in [2.24, 2.45) is 0 Å². The molecule has 0 aliphatic carbocycles. The molecule has 0 aliphatic rings. The van der Waals surface area contributed by atoms with Crippen LogP contribution in [0, 0.1) is 0 Å². The first kappa shape index (κ1) is 12.2. The fourth-order valence-corrected chi connectivity index (χ4v) is 2.21. The summed E-state index contributed by atoms with van der Waals surface area (Å²) in [4.78, 5) is 2.10. The van der Waals surface area contributed by atoms with Crippen molar-refractivity contribution in [1.82, 2.24) is 4.90 Å². The molecule has 0 saturated carbocycles. The van der Waals surface area contributed by atoms with Crippen LogP contribution < -0.4 is 0 Å². The fraction of sp³-hybridized carbons (Fsp3) is 1.00. The number of hydrogen-bond donors (Lipinski definition) is 1. The molecule has 6 heteroatoms. The Morgan fingerprint density at radius 2 is 1.83 bits per heavy atom. The van der Waals surface area contributed by atoms with Crippen molar-refractivity contribution >= 4 is 19.9 Å². The highest BCUT2D eigenvalue weighted by atomic mass is 33.1. The maximum Gasteiger partial charge on any atom is 0.319 e. The van der Waals surface area contributed by atoms with E-state index in [2.05, 4.69) is 4.90 Å². The summed E-state index contributed by atoms with van der Waals surface area (Å²) in [5, 5.41) is 0. The lowest BCUT2D eigenvalue weighted by Gasteiger charge is -2.16. The van der Waals surface area contributed by atoms with Gasteiger partial charge in [0.1, 0.15) is 0 Å². The average Bonchev–Trinajstić information content (AvgIpc) is 1.96. The van der Waals surface area contributed by atoms with Gasteiger partial charge in [0.2, 0.25) is 0 Å². The van der Waals surface area contributed by atoms with Gasteiger partial charge in [-0.05, 0) is 23.9 Å². The molecule has 0 unspecified atom stereocenters. The molecule has 0 fully saturated rings. The summed E-state index contributed by atoms with van der Waals surface area (Å²) in [6.07, 6.45) is 0. The second-order valence-corrected chi connectivity index (χ2v) is 5.75. The van der Waals surface area contributed by atoms with Gasteiger partial charge in [0.25, 0.3) is 0 Å². The maximum atomic E-state index is 10.3. The van der Waals surface area contributed by atoms with E-state index in [4.69, 9.17) is 4.55 Å². The van der Waals surface area contributed by atoms with Crippen LogP contribution in [0.25, 0.3) is 0 Å². The summed E-state index contributed by atoms with van der Waals surface area (Å²) in [7, 11) is -3.27. The Hall–Kier alpha value is 0.220. The van der Waals surface area contributed by atoms with Gasteiger partial charge in [-0.3, -0.25) is 4.55 Å². The summed E-state index contributed by atoms with van der Waals surface area (Å²) < 4.78 is 29.0. The Bertz CT molecular complexity index is 199. The van der Waals surface area contributed by atoms with Crippen LogP contribution in [0.2, 0.25) is 0 Å². The molecule has 0 aromatic carbocycles. The molecular formula is C6H15NO3S2. The van der Waals surface area contributed by atoms with Crippen LogP contribution in [0.5, 0.6) is 0 Å². The van der Waals surface area contributed by atoms with E-state index in [1.165, 1.54) is 0 Å². The number of nitrogens with zero attached hydrogens (tertiary/aromatic N) is 1. The van der Waals surface area contributed by atoms with Crippen LogP contribution in [0.4, 0.5) is 0 Å². The Labute approximate surface area is 77.5 Å². The Morgan fingerprint density at radius 1 is 1.33 bits per heavy atom. The normalized spacial score (nSPS) is 12.3. The molecule has 0 aliphatic heterocycles. The van der Waals surface area contributed by atoms with Crippen molar-refractivity contribution in [3.63, 3.8) is 0 Å².